The number of rotatable bonds is 6. The largest absolute Gasteiger partial charge is 0.484 e. The molecule has 0 unspecified atom stereocenters. The number of carbonyl (C=O) groups is 4. The Kier molecular flexibility index (Phi) is 7.07. The van der Waals surface area contributed by atoms with Crippen LogP contribution in [0.25, 0.3) is 6.08 Å². The lowest BCUT2D eigenvalue weighted by molar-refractivity contribution is -0.122. The molecule has 0 bridgehead atoms. The van der Waals surface area contributed by atoms with Gasteiger partial charge in [0.2, 0.25) is 0 Å². The molecule has 1 aliphatic heterocycles. The molecule has 0 atom stereocenters. The van der Waals surface area contributed by atoms with Crippen molar-refractivity contribution in [3.63, 3.8) is 0 Å². The lowest BCUT2D eigenvalue weighted by Gasteiger charge is -2.26. The zero-order valence-electron chi connectivity index (χ0n) is 18.6. The summed E-state index contributed by atoms with van der Waals surface area (Å²) in [5, 5.41) is 4.94. The molecule has 0 aliphatic carbocycles. The molecule has 0 radical (unpaired) electrons. The Labute approximate surface area is 209 Å². The van der Waals surface area contributed by atoms with Gasteiger partial charge >= 0.3 is 6.03 Å². The Balaban J connectivity index is 1.42. The molecule has 176 valence electrons. The van der Waals surface area contributed by atoms with Crippen LogP contribution < -0.4 is 20.3 Å². The molecular formula is C26H20BrN3O5. The summed E-state index contributed by atoms with van der Waals surface area (Å²) in [5.74, 6) is -1.37. The van der Waals surface area contributed by atoms with Crippen LogP contribution in [0.4, 0.5) is 16.2 Å². The number of hydrogen-bond donors (Lipinski definition) is 2. The molecule has 1 saturated heterocycles. The van der Waals surface area contributed by atoms with Gasteiger partial charge in [0, 0.05) is 10.2 Å². The van der Waals surface area contributed by atoms with Crippen LogP contribution in [0.5, 0.6) is 5.75 Å². The number of halogens is 1. The van der Waals surface area contributed by atoms with Crippen LogP contribution in [0, 0.1) is 6.92 Å². The number of amides is 5. The van der Waals surface area contributed by atoms with Gasteiger partial charge in [-0.2, -0.15) is 0 Å². The second-order valence-corrected chi connectivity index (χ2v) is 8.62. The van der Waals surface area contributed by atoms with Crippen molar-refractivity contribution in [2.24, 2.45) is 0 Å². The number of nitrogens with one attached hydrogen (secondary N) is 2. The smallest absolute Gasteiger partial charge is 0.335 e. The van der Waals surface area contributed by atoms with Crippen LogP contribution in [0.2, 0.25) is 0 Å². The summed E-state index contributed by atoms with van der Waals surface area (Å²) >= 11 is 3.31. The van der Waals surface area contributed by atoms with E-state index in [1.54, 1.807) is 48.5 Å². The van der Waals surface area contributed by atoms with E-state index in [2.05, 4.69) is 26.6 Å². The average molecular weight is 534 g/mol. The SMILES string of the molecule is Cc1ccc(NC(=O)COc2ccc(/C=C3\C(=O)NC(=O)N(c4ccc(Br)cc4)C3=O)cc2)cc1. The molecule has 1 aliphatic rings. The molecule has 35 heavy (non-hydrogen) atoms. The van der Waals surface area contributed by atoms with E-state index in [1.165, 1.54) is 6.08 Å². The first kappa shape index (κ1) is 23.9. The van der Waals surface area contributed by atoms with Gasteiger partial charge in [-0.15, -0.1) is 0 Å². The van der Waals surface area contributed by atoms with Crippen molar-refractivity contribution in [1.29, 1.82) is 0 Å². The van der Waals surface area contributed by atoms with Crippen molar-refractivity contribution in [2.75, 3.05) is 16.8 Å². The number of benzene rings is 3. The number of hydrogen-bond acceptors (Lipinski definition) is 5. The number of nitrogens with zero attached hydrogens (tertiary/aromatic N) is 1. The highest BCUT2D eigenvalue weighted by molar-refractivity contribution is 9.10. The van der Waals surface area contributed by atoms with Crippen molar-refractivity contribution < 1.29 is 23.9 Å². The zero-order chi connectivity index (χ0) is 24.9. The van der Waals surface area contributed by atoms with E-state index in [1.807, 2.05) is 31.2 Å². The maximum atomic E-state index is 12.9. The van der Waals surface area contributed by atoms with Gasteiger partial charge in [0.05, 0.1) is 5.69 Å². The zero-order valence-corrected chi connectivity index (χ0v) is 20.2. The van der Waals surface area contributed by atoms with Gasteiger partial charge in [0.25, 0.3) is 17.7 Å². The van der Waals surface area contributed by atoms with E-state index >= 15 is 0 Å². The third-order valence-electron chi connectivity index (χ3n) is 5.08. The van der Waals surface area contributed by atoms with Crippen molar-refractivity contribution >= 4 is 57.1 Å². The summed E-state index contributed by atoms with van der Waals surface area (Å²) in [4.78, 5) is 50.6. The van der Waals surface area contributed by atoms with Gasteiger partial charge in [-0.3, -0.25) is 19.7 Å². The Bertz CT molecular complexity index is 1320. The van der Waals surface area contributed by atoms with Crippen molar-refractivity contribution in [2.45, 2.75) is 6.92 Å². The van der Waals surface area contributed by atoms with Crippen molar-refractivity contribution in [1.82, 2.24) is 5.32 Å². The fraction of sp³-hybridized carbons (Fsp3) is 0.0769. The molecule has 0 aromatic heterocycles. The molecule has 1 fully saturated rings. The van der Waals surface area contributed by atoms with Crippen LogP contribution >= 0.6 is 15.9 Å². The lowest BCUT2D eigenvalue weighted by Crippen LogP contribution is -2.54. The quantitative estimate of drug-likeness (QED) is 0.360. The van der Waals surface area contributed by atoms with Crippen LogP contribution in [0.15, 0.2) is 82.8 Å². The fourth-order valence-corrected chi connectivity index (χ4v) is 3.56. The van der Waals surface area contributed by atoms with Crippen LogP contribution in [0.3, 0.4) is 0 Å². The van der Waals surface area contributed by atoms with Crippen molar-refractivity contribution in [3.8, 4) is 5.75 Å². The van der Waals surface area contributed by atoms with Crippen LogP contribution in [0.1, 0.15) is 11.1 Å². The third kappa shape index (κ3) is 5.82. The molecule has 9 heteroatoms. The Morgan fingerprint density at radius 1 is 0.971 bits per heavy atom. The molecule has 0 saturated carbocycles. The van der Waals surface area contributed by atoms with Gasteiger partial charge in [-0.1, -0.05) is 45.8 Å². The Morgan fingerprint density at radius 3 is 2.29 bits per heavy atom. The normalized spacial score (nSPS) is 14.6. The topological polar surface area (TPSA) is 105 Å². The molecule has 4 rings (SSSR count). The summed E-state index contributed by atoms with van der Waals surface area (Å²) in [6, 6.07) is 19.7. The Hall–Kier alpha value is -4.24. The second kappa shape index (κ2) is 10.4. The highest BCUT2D eigenvalue weighted by atomic mass is 79.9. The van der Waals surface area contributed by atoms with E-state index in [0.29, 0.717) is 22.7 Å². The lowest BCUT2D eigenvalue weighted by atomic mass is 10.1. The predicted molar refractivity (Wildman–Crippen MR) is 135 cm³/mol. The summed E-state index contributed by atoms with van der Waals surface area (Å²) in [7, 11) is 0. The van der Waals surface area contributed by atoms with E-state index in [9.17, 15) is 19.2 Å². The average Bonchev–Trinajstić information content (AvgIpc) is 2.84. The molecule has 3 aromatic rings. The third-order valence-corrected chi connectivity index (χ3v) is 5.61. The minimum atomic E-state index is -0.813. The molecule has 1 heterocycles. The first-order valence-corrected chi connectivity index (χ1v) is 11.4. The summed E-state index contributed by atoms with van der Waals surface area (Å²) in [6.45, 7) is 1.78. The number of barbiturate groups is 1. The van der Waals surface area contributed by atoms with Gasteiger partial charge < -0.3 is 10.1 Å². The summed E-state index contributed by atoms with van der Waals surface area (Å²) in [6.07, 6.45) is 1.39. The molecule has 8 nitrogen and oxygen atoms in total. The number of aryl methyl sites for hydroxylation is 1. The summed E-state index contributed by atoms with van der Waals surface area (Å²) in [5.41, 5.74) is 2.47. The molecule has 0 spiro atoms. The monoisotopic (exact) mass is 533 g/mol. The molecule has 2 N–H and O–H groups in total. The first-order chi connectivity index (χ1) is 16.8. The second-order valence-electron chi connectivity index (χ2n) is 7.71. The highest BCUT2D eigenvalue weighted by Crippen LogP contribution is 2.24. The molecule has 5 amide bonds. The molecule has 3 aromatic carbocycles. The van der Waals surface area contributed by atoms with Gasteiger partial charge in [0.1, 0.15) is 11.3 Å². The first-order valence-electron chi connectivity index (χ1n) is 10.6. The number of urea groups is 1. The molecular weight excluding hydrogens is 514 g/mol. The van der Waals surface area contributed by atoms with Gasteiger partial charge in [-0.05, 0) is 67.1 Å². The minimum absolute atomic E-state index is 0.181. The van der Waals surface area contributed by atoms with Crippen LogP contribution in [-0.4, -0.2) is 30.4 Å². The van der Waals surface area contributed by atoms with Gasteiger partial charge in [-0.25, -0.2) is 9.69 Å². The van der Waals surface area contributed by atoms with Gasteiger partial charge in [0.15, 0.2) is 6.61 Å². The van der Waals surface area contributed by atoms with Crippen LogP contribution in [-0.2, 0) is 14.4 Å². The van der Waals surface area contributed by atoms with Crippen molar-refractivity contribution in [3.05, 3.63) is 94.0 Å². The van der Waals surface area contributed by atoms with E-state index < -0.39 is 17.8 Å². The van der Waals surface area contributed by atoms with E-state index in [-0.39, 0.29) is 18.1 Å². The number of imide groups is 2. The highest BCUT2D eigenvalue weighted by Gasteiger charge is 2.36. The van der Waals surface area contributed by atoms with E-state index in [0.717, 1.165) is 14.9 Å². The van der Waals surface area contributed by atoms with E-state index in [4.69, 9.17) is 4.74 Å². The maximum absolute atomic E-state index is 12.9. The Morgan fingerprint density at radius 2 is 1.63 bits per heavy atom. The number of ether oxygens (including phenoxy) is 1. The number of carbonyl (C=O) groups excluding carboxylic acids is 4. The standard InChI is InChI=1S/C26H20BrN3O5/c1-16-2-8-19(9-3-16)28-23(31)15-35-21-12-4-17(5-13-21)14-22-24(32)29-26(34)30(25(22)33)20-10-6-18(27)7-11-20/h2-14H,15H2,1H3,(H,28,31)(H,29,32,34)/b22-14+. The number of anilines is 2. The summed E-state index contributed by atoms with van der Waals surface area (Å²) < 4.78 is 6.30. The maximum Gasteiger partial charge on any atom is 0.335 e. The minimum Gasteiger partial charge on any atom is -0.484 e. The fourth-order valence-electron chi connectivity index (χ4n) is 3.29. The predicted octanol–water partition coefficient (Wildman–Crippen LogP) is 4.44.